The number of para-hydroxylation sites is 1. The van der Waals surface area contributed by atoms with E-state index >= 15 is 0 Å². The Labute approximate surface area is 126 Å². The second-order valence-electron chi connectivity index (χ2n) is 5.79. The zero-order valence-electron chi connectivity index (χ0n) is 12.7. The van der Waals surface area contributed by atoms with Gasteiger partial charge in [0.15, 0.2) is 0 Å². The summed E-state index contributed by atoms with van der Waals surface area (Å²) >= 11 is 0. The number of carbonyl (C=O) groups is 1. The number of hydrogen-bond acceptors (Lipinski definition) is 3. The Balaban J connectivity index is 1.66. The number of ether oxygens (including phenoxy) is 1. The van der Waals surface area contributed by atoms with Gasteiger partial charge in [0, 0.05) is 19.5 Å². The first kappa shape index (κ1) is 15.8. The van der Waals surface area contributed by atoms with Crippen LogP contribution in [0.3, 0.4) is 0 Å². The minimum Gasteiger partial charge on any atom is -0.494 e. The molecule has 0 aromatic heterocycles. The molecule has 1 amide bonds. The van der Waals surface area contributed by atoms with E-state index in [2.05, 4.69) is 0 Å². The number of aliphatic hydroxyl groups excluding tert-OH is 1. The average Bonchev–Trinajstić information content (AvgIpc) is 2.51. The van der Waals surface area contributed by atoms with Crippen molar-refractivity contribution in [2.45, 2.75) is 38.2 Å². The van der Waals surface area contributed by atoms with Gasteiger partial charge >= 0.3 is 0 Å². The van der Waals surface area contributed by atoms with E-state index in [-0.39, 0.29) is 17.9 Å². The van der Waals surface area contributed by atoms with Crippen molar-refractivity contribution in [3.05, 3.63) is 30.3 Å². The summed E-state index contributed by atoms with van der Waals surface area (Å²) in [6.07, 6.45) is 3.81. The summed E-state index contributed by atoms with van der Waals surface area (Å²) in [6, 6.07) is 9.70. The lowest BCUT2D eigenvalue weighted by atomic mass is 9.86. The summed E-state index contributed by atoms with van der Waals surface area (Å²) in [5.74, 6) is 1.02. The Bertz CT molecular complexity index is 435. The molecule has 0 saturated heterocycles. The largest absolute Gasteiger partial charge is 0.494 e. The molecule has 1 aliphatic carbocycles. The van der Waals surface area contributed by atoms with E-state index in [0.29, 0.717) is 19.6 Å². The highest BCUT2D eigenvalue weighted by Crippen LogP contribution is 2.25. The topological polar surface area (TPSA) is 49.8 Å². The van der Waals surface area contributed by atoms with Crippen molar-refractivity contribution in [2.75, 3.05) is 20.2 Å². The first-order chi connectivity index (χ1) is 10.2. The third-order valence-electron chi connectivity index (χ3n) is 4.02. The van der Waals surface area contributed by atoms with E-state index in [1.807, 2.05) is 37.4 Å². The molecule has 0 unspecified atom stereocenters. The quantitative estimate of drug-likeness (QED) is 0.819. The van der Waals surface area contributed by atoms with E-state index in [1.165, 1.54) is 0 Å². The van der Waals surface area contributed by atoms with E-state index < -0.39 is 0 Å². The summed E-state index contributed by atoms with van der Waals surface area (Å²) in [5.41, 5.74) is 0. The summed E-state index contributed by atoms with van der Waals surface area (Å²) in [5, 5.41) is 9.66. The molecule has 1 saturated carbocycles. The monoisotopic (exact) mass is 291 g/mol. The molecule has 0 spiro atoms. The molecular formula is C17H25NO3. The molecule has 1 aromatic rings. The number of amides is 1. The molecule has 0 radical (unpaired) electrons. The van der Waals surface area contributed by atoms with Gasteiger partial charge in [0.05, 0.1) is 12.7 Å². The third kappa shape index (κ3) is 5.05. The first-order valence-electron chi connectivity index (χ1n) is 7.77. The van der Waals surface area contributed by atoms with Gasteiger partial charge in [-0.15, -0.1) is 0 Å². The van der Waals surface area contributed by atoms with Crippen molar-refractivity contribution >= 4 is 5.91 Å². The van der Waals surface area contributed by atoms with Gasteiger partial charge in [-0.05, 0) is 37.8 Å². The molecule has 0 aliphatic heterocycles. The van der Waals surface area contributed by atoms with Crippen LogP contribution in [0.25, 0.3) is 0 Å². The highest BCUT2D eigenvalue weighted by molar-refractivity contribution is 5.78. The Morgan fingerprint density at radius 1 is 1.33 bits per heavy atom. The molecule has 0 heterocycles. The van der Waals surface area contributed by atoms with Crippen LogP contribution in [0, 0.1) is 5.92 Å². The van der Waals surface area contributed by atoms with Gasteiger partial charge in [-0.3, -0.25) is 4.79 Å². The van der Waals surface area contributed by atoms with Gasteiger partial charge in [-0.25, -0.2) is 0 Å². The maximum absolute atomic E-state index is 12.3. The van der Waals surface area contributed by atoms with Crippen LogP contribution in [0.2, 0.25) is 0 Å². The van der Waals surface area contributed by atoms with Gasteiger partial charge < -0.3 is 14.7 Å². The summed E-state index contributed by atoms with van der Waals surface area (Å²) in [6.45, 7) is 1.30. The van der Waals surface area contributed by atoms with Crippen LogP contribution < -0.4 is 4.74 Å². The number of carbonyl (C=O) groups excluding carboxylic acids is 1. The first-order valence-corrected chi connectivity index (χ1v) is 7.77. The molecule has 21 heavy (non-hydrogen) atoms. The standard InChI is InChI=1S/C17H25NO3/c1-18(17(20)14-7-5-8-15(19)13-14)11-6-12-21-16-9-3-2-4-10-16/h2-4,9-10,14-15,19H,5-8,11-13H2,1H3/t14-,15-/m1/s1. The van der Waals surface area contributed by atoms with Crippen molar-refractivity contribution in [1.82, 2.24) is 4.90 Å². The molecule has 2 rings (SSSR count). The summed E-state index contributed by atoms with van der Waals surface area (Å²) in [4.78, 5) is 14.1. The van der Waals surface area contributed by atoms with E-state index in [9.17, 15) is 9.90 Å². The predicted molar refractivity (Wildman–Crippen MR) is 82.2 cm³/mol. The molecule has 1 fully saturated rings. The maximum Gasteiger partial charge on any atom is 0.225 e. The van der Waals surface area contributed by atoms with Gasteiger partial charge in [0.2, 0.25) is 5.91 Å². The third-order valence-corrected chi connectivity index (χ3v) is 4.02. The molecule has 1 N–H and O–H groups in total. The molecule has 0 bridgehead atoms. The zero-order valence-corrected chi connectivity index (χ0v) is 12.7. The SMILES string of the molecule is CN(CCCOc1ccccc1)C(=O)[C@@H]1CCC[C@@H](O)C1. The summed E-state index contributed by atoms with van der Waals surface area (Å²) < 4.78 is 5.62. The predicted octanol–water partition coefficient (Wildman–Crippen LogP) is 2.47. The van der Waals surface area contributed by atoms with Crippen LogP contribution in [0.5, 0.6) is 5.75 Å². The van der Waals surface area contributed by atoms with Crippen LogP contribution in [0.1, 0.15) is 32.1 Å². The molecule has 4 heteroatoms. The minimum absolute atomic E-state index is 0.00575. The van der Waals surface area contributed by atoms with Crippen LogP contribution in [-0.2, 0) is 4.79 Å². The molecule has 1 aliphatic rings. The highest BCUT2D eigenvalue weighted by Gasteiger charge is 2.27. The Morgan fingerprint density at radius 3 is 2.81 bits per heavy atom. The van der Waals surface area contributed by atoms with Gasteiger partial charge in [0.1, 0.15) is 5.75 Å². The molecular weight excluding hydrogens is 266 g/mol. The fourth-order valence-corrected chi connectivity index (χ4v) is 2.82. The van der Waals surface area contributed by atoms with Crippen molar-refractivity contribution in [1.29, 1.82) is 0 Å². The number of benzene rings is 1. The highest BCUT2D eigenvalue weighted by atomic mass is 16.5. The lowest BCUT2D eigenvalue weighted by molar-refractivity contribution is -0.136. The Hall–Kier alpha value is -1.55. The Morgan fingerprint density at radius 2 is 2.10 bits per heavy atom. The number of nitrogens with zero attached hydrogens (tertiary/aromatic N) is 1. The molecule has 1 aromatic carbocycles. The van der Waals surface area contributed by atoms with E-state index in [0.717, 1.165) is 31.4 Å². The van der Waals surface area contributed by atoms with Crippen molar-refractivity contribution in [2.24, 2.45) is 5.92 Å². The molecule has 2 atom stereocenters. The van der Waals surface area contributed by atoms with Crippen LogP contribution in [0.15, 0.2) is 30.3 Å². The minimum atomic E-state index is -0.303. The Kier molecular flexibility index (Phi) is 6.05. The molecule has 116 valence electrons. The van der Waals surface area contributed by atoms with E-state index in [1.54, 1.807) is 4.90 Å². The smallest absolute Gasteiger partial charge is 0.225 e. The zero-order chi connectivity index (χ0) is 15.1. The molecule has 4 nitrogen and oxygen atoms in total. The average molecular weight is 291 g/mol. The van der Waals surface area contributed by atoms with Gasteiger partial charge in [-0.2, -0.15) is 0 Å². The van der Waals surface area contributed by atoms with Crippen LogP contribution >= 0.6 is 0 Å². The normalized spacial score (nSPS) is 21.8. The fraction of sp³-hybridized carbons (Fsp3) is 0.588. The van der Waals surface area contributed by atoms with Gasteiger partial charge in [-0.1, -0.05) is 24.6 Å². The maximum atomic E-state index is 12.3. The second-order valence-corrected chi connectivity index (χ2v) is 5.79. The number of rotatable bonds is 6. The number of aliphatic hydroxyl groups is 1. The summed E-state index contributed by atoms with van der Waals surface area (Å²) in [7, 11) is 1.84. The lowest BCUT2D eigenvalue weighted by Crippen LogP contribution is -2.37. The van der Waals surface area contributed by atoms with Gasteiger partial charge in [0.25, 0.3) is 0 Å². The lowest BCUT2D eigenvalue weighted by Gasteiger charge is -2.28. The van der Waals surface area contributed by atoms with Crippen LogP contribution in [-0.4, -0.2) is 42.2 Å². The van der Waals surface area contributed by atoms with Crippen LogP contribution in [0.4, 0.5) is 0 Å². The second kappa shape index (κ2) is 8.03. The fourth-order valence-electron chi connectivity index (χ4n) is 2.82. The van der Waals surface area contributed by atoms with Crippen molar-refractivity contribution < 1.29 is 14.6 Å². The van der Waals surface area contributed by atoms with E-state index in [4.69, 9.17) is 4.74 Å². The number of hydrogen-bond donors (Lipinski definition) is 1. The van der Waals surface area contributed by atoms with Crippen molar-refractivity contribution in [3.8, 4) is 5.75 Å². The van der Waals surface area contributed by atoms with Crippen molar-refractivity contribution in [3.63, 3.8) is 0 Å².